The minimum atomic E-state index is -1.11. The standard InChI is InChI=1S/C15H12N2O5/c18-14(10-4-3-5-11(8-10)17(21)22)9-16-13-7-2-1-6-12(13)15(19)20/h1-8,16H,9H2,(H,19,20). The van der Waals surface area contributed by atoms with Crippen LogP contribution >= 0.6 is 0 Å². The summed E-state index contributed by atoms with van der Waals surface area (Å²) in [5.41, 5.74) is 0.384. The second-order valence-electron chi connectivity index (χ2n) is 4.43. The lowest BCUT2D eigenvalue weighted by molar-refractivity contribution is -0.384. The highest BCUT2D eigenvalue weighted by Crippen LogP contribution is 2.16. The molecule has 112 valence electrons. The Morgan fingerprint density at radius 2 is 1.86 bits per heavy atom. The number of anilines is 1. The van der Waals surface area contributed by atoms with Crippen molar-refractivity contribution in [3.05, 3.63) is 69.8 Å². The van der Waals surface area contributed by atoms with E-state index in [1.165, 1.54) is 30.3 Å². The number of nitrogens with one attached hydrogen (secondary N) is 1. The molecule has 0 radical (unpaired) electrons. The Kier molecular flexibility index (Phi) is 4.47. The number of ketones is 1. The van der Waals surface area contributed by atoms with Crippen molar-refractivity contribution in [2.24, 2.45) is 0 Å². The number of carbonyl (C=O) groups excluding carboxylic acids is 1. The third-order valence-electron chi connectivity index (χ3n) is 2.98. The zero-order valence-corrected chi connectivity index (χ0v) is 11.4. The molecule has 7 heteroatoms. The molecule has 0 saturated heterocycles. The maximum atomic E-state index is 12.0. The Bertz CT molecular complexity index is 742. The summed E-state index contributed by atoms with van der Waals surface area (Å²) in [7, 11) is 0. The third kappa shape index (κ3) is 3.45. The largest absolute Gasteiger partial charge is 0.478 e. The molecule has 0 unspecified atom stereocenters. The SMILES string of the molecule is O=C(CNc1ccccc1C(=O)O)c1cccc([N+](=O)[O-])c1. The molecule has 2 rings (SSSR count). The molecule has 0 fully saturated rings. The molecule has 0 atom stereocenters. The number of carbonyl (C=O) groups is 2. The number of carboxylic acids is 1. The summed E-state index contributed by atoms with van der Waals surface area (Å²) < 4.78 is 0. The Balaban J connectivity index is 2.12. The smallest absolute Gasteiger partial charge is 0.337 e. The van der Waals surface area contributed by atoms with E-state index < -0.39 is 10.9 Å². The van der Waals surface area contributed by atoms with E-state index in [0.717, 1.165) is 0 Å². The van der Waals surface area contributed by atoms with Crippen LogP contribution in [0.2, 0.25) is 0 Å². The van der Waals surface area contributed by atoms with Gasteiger partial charge in [0.1, 0.15) is 0 Å². The third-order valence-corrected chi connectivity index (χ3v) is 2.98. The van der Waals surface area contributed by atoms with Gasteiger partial charge in [0.2, 0.25) is 0 Å². The molecule has 2 N–H and O–H groups in total. The number of nitro groups is 1. The van der Waals surface area contributed by atoms with Gasteiger partial charge in [-0.3, -0.25) is 14.9 Å². The average molecular weight is 300 g/mol. The van der Waals surface area contributed by atoms with Crippen LogP contribution in [0.4, 0.5) is 11.4 Å². The van der Waals surface area contributed by atoms with E-state index in [4.69, 9.17) is 5.11 Å². The van der Waals surface area contributed by atoms with Gasteiger partial charge >= 0.3 is 5.97 Å². The van der Waals surface area contributed by atoms with Gasteiger partial charge in [0, 0.05) is 23.4 Å². The van der Waals surface area contributed by atoms with Crippen LogP contribution < -0.4 is 5.32 Å². The van der Waals surface area contributed by atoms with Crippen molar-refractivity contribution < 1.29 is 19.6 Å². The highest BCUT2D eigenvalue weighted by Gasteiger charge is 2.13. The zero-order valence-electron chi connectivity index (χ0n) is 11.4. The maximum Gasteiger partial charge on any atom is 0.337 e. The predicted molar refractivity (Wildman–Crippen MR) is 79.3 cm³/mol. The number of nitrogens with zero attached hydrogens (tertiary/aromatic N) is 1. The van der Waals surface area contributed by atoms with E-state index in [1.807, 2.05) is 0 Å². The fraction of sp³-hybridized carbons (Fsp3) is 0.0667. The molecule has 0 aliphatic carbocycles. The molecular weight excluding hydrogens is 288 g/mol. The number of non-ortho nitro benzene ring substituents is 1. The van der Waals surface area contributed by atoms with Crippen LogP contribution in [0.25, 0.3) is 0 Å². The number of para-hydroxylation sites is 1. The van der Waals surface area contributed by atoms with Crippen molar-refractivity contribution in [2.45, 2.75) is 0 Å². The van der Waals surface area contributed by atoms with Crippen LogP contribution in [-0.4, -0.2) is 28.3 Å². The van der Waals surface area contributed by atoms with Gasteiger partial charge in [-0.15, -0.1) is 0 Å². The summed E-state index contributed by atoms with van der Waals surface area (Å²) in [5.74, 6) is -1.48. The summed E-state index contributed by atoms with van der Waals surface area (Å²) in [6.45, 7) is -0.161. The quantitative estimate of drug-likeness (QED) is 0.482. The molecule has 0 aliphatic heterocycles. The Morgan fingerprint density at radius 3 is 2.55 bits per heavy atom. The van der Waals surface area contributed by atoms with Crippen molar-refractivity contribution in [1.29, 1.82) is 0 Å². The normalized spacial score (nSPS) is 10.0. The van der Waals surface area contributed by atoms with Crippen molar-refractivity contribution in [3.63, 3.8) is 0 Å². The fourth-order valence-corrected chi connectivity index (χ4v) is 1.89. The number of carboxylic acid groups (broad SMARTS) is 1. The van der Waals surface area contributed by atoms with Gasteiger partial charge in [0.25, 0.3) is 5.69 Å². The zero-order chi connectivity index (χ0) is 16.1. The molecule has 22 heavy (non-hydrogen) atoms. The Morgan fingerprint density at radius 1 is 1.14 bits per heavy atom. The van der Waals surface area contributed by atoms with Gasteiger partial charge in [0.05, 0.1) is 17.0 Å². The molecule has 0 saturated carbocycles. The molecule has 0 aromatic heterocycles. The summed E-state index contributed by atoms with van der Waals surface area (Å²) >= 11 is 0. The van der Waals surface area contributed by atoms with Crippen molar-refractivity contribution in [2.75, 3.05) is 11.9 Å². The molecule has 0 spiro atoms. The summed E-state index contributed by atoms with van der Waals surface area (Å²) in [5, 5.41) is 22.5. The Hall–Kier alpha value is -3.22. The van der Waals surface area contributed by atoms with Crippen LogP contribution in [0.15, 0.2) is 48.5 Å². The first-order valence-corrected chi connectivity index (χ1v) is 6.33. The monoisotopic (exact) mass is 300 g/mol. The highest BCUT2D eigenvalue weighted by atomic mass is 16.6. The summed E-state index contributed by atoms with van der Waals surface area (Å²) in [6.07, 6.45) is 0. The number of nitro benzene ring substituents is 1. The lowest BCUT2D eigenvalue weighted by Crippen LogP contribution is -2.16. The van der Waals surface area contributed by atoms with E-state index in [0.29, 0.717) is 5.69 Å². The van der Waals surface area contributed by atoms with Crippen LogP contribution in [0.1, 0.15) is 20.7 Å². The van der Waals surface area contributed by atoms with Gasteiger partial charge in [0.15, 0.2) is 5.78 Å². The van der Waals surface area contributed by atoms with Gasteiger partial charge in [-0.1, -0.05) is 24.3 Å². The van der Waals surface area contributed by atoms with Gasteiger partial charge < -0.3 is 10.4 Å². The fourth-order valence-electron chi connectivity index (χ4n) is 1.89. The molecule has 0 bridgehead atoms. The van der Waals surface area contributed by atoms with Gasteiger partial charge in [-0.25, -0.2) is 4.79 Å². The number of rotatable bonds is 6. The van der Waals surface area contributed by atoms with E-state index in [1.54, 1.807) is 18.2 Å². The summed E-state index contributed by atoms with van der Waals surface area (Å²) in [4.78, 5) is 33.2. The van der Waals surface area contributed by atoms with Crippen LogP contribution in [0, 0.1) is 10.1 Å². The first-order valence-electron chi connectivity index (χ1n) is 6.33. The lowest BCUT2D eigenvalue weighted by atomic mass is 10.1. The van der Waals surface area contributed by atoms with Crippen LogP contribution in [-0.2, 0) is 0 Å². The molecule has 2 aromatic rings. The molecular formula is C15H12N2O5. The number of hydrogen-bond acceptors (Lipinski definition) is 5. The minimum absolute atomic E-state index is 0.0503. The van der Waals surface area contributed by atoms with Gasteiger partial charge in [-0.05, 0) is 12.1 Å². The number of Topliss-reactive ketones (excluding diaryl/α,β-unsaturated/α-hetero) is 1. The molecule has 2 aromatic carbocycles. The van der Waals surface area contributed by atoms with E-state index >= 15 is 0 Å². The van der Waals surface area contributed by atoms with E-state index in [9.17, 15) is 19.7 Å². The molecule has 0 amide bonds. The predicted octanol–water partition coefficient (Wildman–Crippen LogP) is 2.59. The highest BCUT2D eigenvalue weighted by molar-refractivity contribution is 6.00. The van der Waals surface area contributed by atoms with Crippen molar-refractivity contribution in [1.82, 2.24) is 0 Å². The average Bonchev–Trinajstić information content (AvgIpc) is 2.52. The van der Waals surface area contributed by atoms with Crippen LogP contribution in [0.3, 0.4) is 0 Å². The Labute approximate surface area is 125 Å². The van der Waals surface area contributed by atoms with E-state index in [2.05, 4.69) is 5.32 Å². The second-order valence-corrected chi connectivity index (χ2v) is 4.43. The number of benzene rings is 2. The first-order chi connectivity index (χ1) is 10.5. The lowest BCUT2D eigenvalue weighted by Gasteiger charge is -2.08. The maximum absolute atomic E-state index is 12.0. The van der Waals surface area contributed by atoms with Gasteiger partial charge in [-0.2, -0.15) is 0 Å². The van der Waals surface area contributed by atoms with E-state index in [-0.39, 0.29) is 29.1 Å². The summed E-state index contributed by atoms with van der Waals surface area (Å²) in [6, 6.07) is 11.6. The topological polar surface area (TPSA) is 110 Å². The number of hydrogen-bond donors (Lipinski definition) is 2. The first kappa shape index (κ1) is 15.2. The van der Waals surface area contributed by atoms with Crippen LogP contribution in [0.5, 0.6) is 0 Å². The number of aromatic carboxylic acids is 1. The molecule has 7 nitrogen and oxygen atoms in total. The van der Waals surface area contributed by atoms with Crippen molar-refractivity contribution in [3.8, 4) is 0 Å². The minimum Gasteiger partial charge on any atom is -0.478 e. The second kappa shape index (κ2) is 6.49. The van der Waals surface area contributed by atoms with Crippen molar-refractivity contribution >= 4 is 23.1 Å². The molecule has 0 aliphatic rings. The molecule has 0 heterocycles.